The fourth-order valence-corrected chi connectivity index (χ4v) is 2.15. The first-order chi connectivity index (χ1) is 7.77. The summed E-state index contributed by atoms with van der Waals surface area (Å²) in [6.07, 6.45) is 2.93. The standard InChI is InChI=1S/C15H17N/c1-4-13-11-12(3)16(5-2)15(13)14-9-7-6-8-10-14/h5-11H,2,4H2,1,3H3. The van der Waals surface area contributed by atoms with Gasteiger partial charge in [-0.15, -0.1) is 0 Å². The van der Waals surface area contributed by atoms with Crippen LogP contribution in [0.3, 0.4) is 0 Å². The van der Waals surface area contributed by atoms with Gasteiger partial charge < -0.3 is 4.57 Å². The van der Waals surface area contributed by atoms with E-state index < -0.39 is 0 Å². The molecule has 0 bridgehead atoms. The summed E-state index contributed by atoms with van der Waals surface area (Å²) in [7, 11) is 0. The minimum absolute atomic E-state index is 1.05. The lowest BCUT2D eigenvalue weighted by Crippen LogP contribution is -1.93. The number of aromatic nitrogens is 1. The first kappa shape index (κ1) is 10.7. The van der Waals surface area contributed by atoms with Gasteiger partial charge in [0.25, 0.3) is 0 Å². The lowest BCUT2D eigenvalue weighted by Gasteiger charge is -2.08. The Bertz CT molecular complexity index is 492. The van der Waals surface area contributed by atoms with Gasteiger partial charge >= 0.3 is 0 Å². The number of rotatable bonds is 3. The van der Waals surface area contributed by atoms with E-state index in [1.807, 2.05) is 12.3 Å². The van der Waals surface area contributed by atoms with Crippen LogP contribution in [-0.4, -0.2) is 4.57 Å². The van der Waals surface area contributed by atoms with Crippen molar-refractivity contribution < 1.29 is 0 Å². The van der Waals surface area contributed by atoms with Gasteiger partial charge in [0, 0.05) is 11.9 Å². The topological polar surface area (TPSA) is 4.93 Å². The first-order valence-electron chi connectivity index (χ1n) is 5.66. The number of hydrogen-bond donors (Lipinski definition) is 0. The summed E-state index contributed by atoms with van der Waals surface area (Å²) in [5.41, 5.74) is 5.15. The molecule has 0 amide bonds. The van der Waals surface area contributed by atoms with Crippen molar-refractivity contribution in [2.75, 3.05) is 0 Å². The van der Waals surface area contributed by atoms with Crippen molar-refractivity contribution in [2.24, 2.45) is 0 Å². The van der Waals surface area contributed by atoms with Crippen LogP contribution >= 0.6 is 0 Å². The maximum Gasteiger partial charge on any atom is 0.0556 e. The van der Waals surface area contributed by atoms with Gasteiger partial charge in [-0.05, 0) is 30.5 Å². The molecule has 1 heterocycles. The van der Waals surface area contributed by atoms with Gasteiger partial charge in [0.1, 0.15) is 0 Å². The van der Waals surface area contributed by atoms with Gasteiger partial charge in [-0.25, -0.2) is 0 Å². The molecule has 0 aliphatic heterocycles. The maximum absolute atomic E-state index is 3.89. The second-order valence-corrected chi connectivity index (χ2v) is 3.93. The van der Waals surface area contributed by atoms with E-state index >= 15 is 0 Å². The fourth-order valence-electron chi connectivity index (χ4n) is 2.15. The SMILES string of the molecule is C=Cn1c(C)cc(CC)c1-c1ccccc1. The van der Waals surface area contributed by atoms with E-state index in [1.165, 1.54) is 22.5 Å². The lowest BCUT2D eigenvalue weighted by atomic mass is 10.1. The van der Waals surface area contributed by atoms with Crippen molar-refractivity contribution in [3.05, 3.63) is 54.2 Å². The summed E-state index contributed by atoms with van der Waals surface area (Å²) in [6, 6.07) is 12.7. The molecule has 0 radical (unpaired) electrons. The van der Waals surface area contributed by atoms with Crippen molar-refractivity contribution in [3.63, 3.8) is 0 Å². The van der Waals surface area contributed by atoms with Crippen LogP contribution in [-0.2, 0) is 6.42 Å². The predicted molar refractivity (Wildman–Crippen MR) is 70.4 cm³/mol. The Morgan fingerprint density at radius 1 is 1.25 bits per heavy atom. The van der Waals surface area contributed by atoms with Gasteiger partial charge in [-0.2, -0.15) is 0 Å². The number of aryl methyl sites for hydroxylation is 2. The van der Waals surface area contributed by atoms with Crippen LogP contribution in [0.15, 0.2) is 43.0 Å². The molecule has 82 valence electrons. The molecule has 1 heteroatoms. The largest absolute Gasteiger partial charge is 0.321 e. The molecule has 0 atom stereocenters. The number of benzene rings is 1. The van der Waals surface area contributed by atoms with Crippen LogP contribution in [0.2, 0.25) is 0 Å². The van der Waals surface area contributed by atoms with Gasteiger partial charge in [0.05, 0.1) is 5.69 Å². The maximum atomic E-state index is 3.89. The molecular formula is C15H17N. The summed E-state index contributed by atoms with van der Waals surface area (Å²) in [5, 5.41) is 0. The molecule has 2 rings (SSSR count). The minimum atomic E-state index is 1.05. The Labute approximate surface area is 97.0 Å². The van der Waals surface area contributed by atoms with Crippen LogP contribution in [0.4, 0.5) is 0 Å². The molecule has 2 aromatic rings. The molecule has 16 heavy (non-hydrogen) atoms. The van der Waals surface area contributed by atoms with Crippen molar-refractivity contribution in [1.82, 2.24) is 4.57 Å². The molecule has 0 N–H and O–H groups in total. The van der Waals surface area contributed by atoms with Gasteiger partial charge in [-0.1, -0.05) is 43.8 Å². The van der Waals surface area contributed by atoms with Crippen molar-refractivity contribution >= 4 is 6.20 Å². The molecule has 1 aromatic carbocycles. The Morgan fingerprint density at radius 3 is 2.50 bits per heavy atom. The monoisotopic (exact) mass is 211 g/mol. The molecule has 1 nitrogen and oxygen atoms in total. The van der Waals surface area contributed by atoms with Crippen LogP contribution in [0.5, 0.6) is 0 Å². The molecule has 0 aliphatic carbocycles. The Morgan fingerprint density at radius 2 is 1.94 bits per heavy atom. The summed E-state index contributed by atoms with van der Waals surface area (Å²) >= 11 is 0. The highest BCUT2D eigenvalue weighted by atomic mass is 15.0. The molecule has 1 aromatic heterocycles. The predicted octanol–water partition coefficient (Wildman–Crippen LogP) is 4.13. The zero-order valence-corrected chi connectivity index (χ0v) is 9.90. The Kier molecular flexibility index (Phi) is 2.95. The van der Waals surface area contributed by atoms with Gasteiger partial charge in [0.2, 0.25) is 0 Å². The lowest BCUT2D eigenvalue weighted by molar-refractivity contribution is 1.08. The fraction of sp³-hybridized carbons (Fsp3) is 0.200. The molecule has 0 saturated heterocycles. The first-order valence-corrected chi connectivity index (χ1v) is 5.66. The molecule has 0 spiro atoms. The average molecular weight is 211 g/mol. The normalized spacial score (nSPS) is 10.4. The van der Waals surface area contributed by atoms with E-state index in [0.29, 0.717) is 0 Å². The molecule has 0 unspecified atom stereocenters. The van der Waals surface area contributed by atoms with E-state index in [0.717, 1.165) is 6.42 Å². The smallest absolute Gasteiger partial charge is 0.0556 e. The van der Waals surface area contributed by atoms with Crippen LogP contribution in [0.1, 0.15) is 18.2 Å². The third-order valence-electron chi connectivity index (χ3n) is 2.92. The van der Waals surface area contributed by atoms with E-state index in [4.69, 9.17) is 0 Å². The van der Waals surface area contributed by atoms with E-state index in [9.17, 15) is 0 Å². The van der Waals surface area contributed by atoms with Crippen LogP contribution in [0.25, 0.3) is 17.5 Å². The minimum Gasteiger partial charge on any atom is -0.321 e. The zero-order valence-electron chi connectivity index (χ0n) is 9.90. The second kappa shape index (κ2) is 4.40. The Balaban J connectivity index is 2.67. The van der Waals surface area contributed by atoms with Crippen molar-refractivity contribution in [3.8, 4) is 11.3 Å². The molecule has 0 saturated carbocycles. The summed E-state index contributed by atoms with van der Waals surface area (Å²) in [6.45, 7) is 8.20. The van der Waals surface area contributed by atoms with Gasteiger partial charge in [0.15, 0.2) is 0 Å². The summed E-state index contributed by atoms with van der Waals surface area (Å²) in [4.78, 5) is 0. The highest BCUT2D eigenvalue weighted by molar-refractivity contribution is 5.67. The summed E-state index contributed by atoms with van der Waals surface area (Å²) in [5.74, 6) is 0. The number of hydrogen-bond acceptors (Lipinski definition) is 0. The average Bonchev–Trinajstić information content (AvgIpc) is 2.66. The van der Waals surface area contributed by atoms with Crippen molar-refractivity contribution in [2.45, 2.75) is 20.3 Å². The highest BCUT2D eigenvalue weighted by Crippen LogP contribution is 2.27. The third-order valence-corrected chi connectivity index (χ3v) is 2.92. The van der Waals surface area contributed by atoms with E-state index in [1.54, 1.807) is 0 Å². The zero-order chi connectivity index (χ0) is 11.5. The molecular weight excluding hydrogens is 194 g/mol. The molecule has 0 aliphatic rings. The Hall–Kier alpha value is -1.76. The van der Waals surface area contributed by atoms with Gasteiger partial charge in [-0.3, -0.25) is 0 Å². The van der Waals surface area contributed by atoms with Crippen LogP contribution < -0.4 is 0 Å². The quantitative estimate of drug-likeness (QED) is 0.719. The second-order valence-electron chi connectivity index (χ2n) is 3.93. The van der Waals surface area contributed by atoms with E-state index in [2.05, 4.69) is 55.3 Å². The molecule has 0 fully saturated rings. The van der Waals surface area contributed by atoms with Crippen LogP contribution in [0, 0.1) is 6.92 Å². The summed E-state index contributed by atoms with van der Waals surface area (Å²) < 4.78 is 2.16. The highest BCUT2D eigenvalue weighted by Gasteiger charge is 2.10. The van der Waals surface area contributed by atoms with E-state index in [-0.39, 0.29) is 0 Å². The third kappa shape index (κ3) is 1.69. The number of nitrogens with zero attached hydrogens (tertiary/aromatic N) is 1. The van der Waals surface area contributed by atoms with Crippen molar-refractivity contribution in [1.29, 1.82) is 0 Å².